The van der Waals surface area contributed by atoms with Gasteiger partial charge in [0.2, 0.25) is 5.95 Å². The molecule has 0 aliphatic carbocycles. The molecule has 0 spiro atoms. The minimum Gasteiger partial charge on any atom is -0.465 e. The minimum atomic E-state index is -0.401. The van der Waals surface area contributed by atoms with E-state index in [1.807, 2.05) is 24.3 Å². The number of methoxy groups -OCH3 is 1. The molecule has 1 aromatic carbocycles. The Balaban J connectivity index is 1.68. The normalized spacial score (nSPS) is 10.1. The van der Waals surface area contributed by atoms with E-state index in [0.717, 1.165) is 5.69 Å². The van der Waals surface area contributed by atoms with Crippen LogP contribution in [-0.2, 0) is 11.3 Å². The summed E-state index contributed by atoms with van der Waals surface area (Å²) in [7, 11) is 1.34. The summed E-state index contributed by atoms with van der Waals surface area (Å²) in [5, 5.41) is 14.0. The van der Waals surface area contributed by atoms with Crippen molar-refractivity contribution in [1.82, 2.24) is 20.2 Å². The number of pyridine rings is 1. The Kier molecular flexibility index (Phi) is 5.10. The smallest absolute Gasteiger partial charge is 0.337 e. The van der Waals surface area contributed by atoms with Gasteiger partial charge in [-0.2, -0.15) is 10.1 Å². The highest BCUT2D eigenvalue weighted by Gasteiger charge is 2.07. The molecule has 8 nitrogen and oxygen atoms in total. The number of benzene rings is 1. The van der Waals surface area contributed by atoms with Gasteiger partial charge < -0.3 is 15.4 Å². The molecule has 3 rings (SSSR count). The summed E-state index contributed by atoms with van der Waals surface area (Å²) in [5.41, 5.74) is 2.01. The Hall–Kier alpha value is -3.55. The van der Waals surface area contributed by atoms with Crippen molar-refractivity contribution in [2.75, 3.05) is 17.7 Å². The molecule has 0 saturated heterocycles. The molecule has 0 aliphatic rings. The van der Waals surface area contributed by atoms with E-state index in [0.29, 0.717) is 29.6 Å². The van der Waals surface area contributed by atoms with Crippen LogP contribution in [0.15, 0.2) is 54.9 Å². The highest BCUT2D eigenvalue weighted by molar-refractivity contribution is 5.90. The molecule has 0 radical (unpaired) electrons. The molecule has 0 bridgehead atoms. The summed E-state index contributed by atoms with van der Waals surface area (Å²) in [6.45, 7) is 0.490. The molecule has 2 N–H and O–H groups in total. The van der Waals surface area contributed by atoms with E-state index in [-0.39, 0.29) is 0 Å². The fourth-order valence-electron chi connectivity index (χ4n) is 2.10. The van der Waals surface area contributed by atoms with Gasteiger partial charge in [-0.05, 0) is 30.3 Å². The van der Waals surface area contributed by atoms with E-state index in [1.54, 1.807) is 24.4 Å². The maximum Gasteiger partial charge on any atom is 0.337 e. The molecule has 0 aliphatic heterocycles. The molecular formula is C17H16N6O2. The van der Waals surface area contributed by atoms with E-state index in [9.17, 15) is 4.79 Å². The van der Waals surface area contributed by atoms with Gasteiger partial charge in [0.1, 0.15) is 0 Å². The lowest BCUT2D eigenvalue weighted by molar-refractivity contribution is 0.0601. The summed E-state index contributed by atoms with van der Waals surface area (Å²) in [6, 6.07) is 12.6. The number of ether oxygens (including phenoxy) is 1. The predicted octanol–water partition coefficient (Wildman–Crippen LogP) is 2.41. The van der Waals surface area contributed by atoms with Crippen molar-refractivity contribution >= 4 is 23.4 Å². The zero-order valence-corrected chi connectivity index (χ0v) is 13.5. The Morgan fingerprint density at radius 3 is 2.92 bits per heavy atom. The summed E-state index contributed by atoms with van der Waals surface area (Å²) < 4.78 is 4.71. The zero-order valence-electron chi connectivity index (χ0n) is 13.5. The first-order valence-corrected chi connectivity index (χ1v) is 7.53. The highest BCUT2D eigenvalue weighted by atomic mass is 16.5. The molecule has 0 amide bonds. The molecule has 0 fully saturated rings. The lowest BCUT2D eigenvalue weighted by Crippen LogP contribution is -2.07. The monoisotopic (exact) mass is 336 g/mol. The highest BCUT2D eigenvalue weighted by Crippen LogP contribution is 2.16. The van der Waals surface area contributed by atoms with Gasteiger partial charge in [-0.1, -0.05) is 12.1 Å². The lowest BCUT2D eigenvalue weighted by atomic mass is 10.2. The zero-order chi connectivity index (χ0) is 17.5. The van der Waals surface area contributed by atoms with E-state index in [1.165, 1.54) is 13.3 Å². The van der Waals surface area contributed by atoms with Crippen molar-refractivity contribution in [3.05, 3.63) is 66.1 Å². The second-order valence-electron chi connectivity index (χ2n) is 5.04. The summed E-state index contributed by atoms with van der Waals surface area (Å²) >= 11 is 0. The number of carbonyl (C=O) groups excluding carboxylic acids is 1. The minimum absolute atomic E-state index is 0.375. The molecule has 0 atom stereocenters. The fraction of sp³-hybridized carbons (Fsp3) is 0.118. The molecule has 25 heavy (non-hydrogen) atoms. The van der Waals surface area contributed by atoms with Gasteiger partial charge in [0.25, 0.3) is 0 Å². The topological polar surface area (TPSA) is 102 Å². The van der Waals surface area contributed by atoms with Crippen LogP contribution in [0.2, 0.25) is 0 Å². The van der Waals surface area contributed by atoms with Crippen LogP contribution in [-0.4, -0.2) is 33.2 Å². The van der Waals surface area contributed by atoms with E-state index < -0.39 is 5.97 Å². The maximum atomic E-state index is 11.6. The first-order chi connectivity index (χ1) is 12.2. The number of esters is 1. The largest absolute Gasteiger partial charge is 0.465 e. The Morgan fingerprint density at radius 1 is 1.20 bits per heavy atom. The van der Waals surface area contributed by atoms with Crippen LogP contribution in [0, 0.1) is 0 Å². The van der Waals surface area contributed by atoms with Crippen LogP contribution in [0.3, 0.4) is 0 Å². The third-order valence-electron chi connectivity index (χ3n) is 3.27. The standard InChI is InChI=1S/C17H16N6O2/c1-25-16(24)12-5-4-7-13(9-12)21-15-11-20-23-17(22-15)19-10-14-6-2-3-8-18-14/h2-9,11H,10H2,1H3,(H2,19,21,22,23). The number of nitrogens with one attached hydrogen (secondary N) is 2. The third kappa shape index (κ3) is 4.47. The molecule has 126 valence electrons. The first-order valence-electron chi connectivity index (χ1n) is 7.53. The van der Waals surface area contributed by atoms with Crippen LogP contribution >= 0.6 is 0 Å². The van der Waals surface area contributed by atoms with Crippen LogP contribution in [0.4, 0.5) is 17.5 Å². The quantitative estimate of drug-likeness (QED) is 0.662. The van der Waals surface area contributed by atoms with Crippen LogP contribution in [0.5, 0.6) is 0 Å². The molecule has 2 heterocycles. The average Bonchev–Trinajstić information content (AvgIpc) is 2.67. The molecule has 0 saturated carbocycles. The summed E-state index contributed by atoms with van der Waals surface area (Å²) in [6.07, 6.45) is 3.22. The molecular weight excluding hydrogens is 320 g/mol. The Morgan fingerprint density at radius 2 is 2.12 bits per heavy atom. The maximum absolute atomic E-state index is 11.6. The van der Waals surface area contributed by atoms with Gasteiger partial charge in [0, 0.05) is 11.9 Å². The van der Waals surface area contributed by atoms with Gasteiger partial charge in [0.15, 0.2) is 5.82 Å². The fourth-order valence-corrected chi connectivity index (χ4v) is 2.10. The predicted molar refractivity (Wildman–Crippen MR) is 92.5 cm³/mol. The number of hydrogen-bond donors (Lipinski definition) is 2. The Bertz CT molecular complexity index is 857. The van der Waals surface area contributed by atoms with Gasteiger partial charge in [-0.25, -0.2) is 4.79 Å². The van der Waals surface area contributed by atoms with Crippen molar-refractivity contribution in [3.8, 4) is 0 Å². The summed E-state index contributed by atoms with van der Waals surface area (Å²) in [5.74, 6) is 0.475. The van der Waals surface area contributed by atoms with Gasteiger partial charge in [-0.3, -0.25) is 4.98 Å². The van der Waals surface area contributed by atoms with E-state index in [2.05, 4.69) is 30.8 Å². The van der Waals surface area contributed by atoms with Crippen molar-refractivity contribution in [2.45, 2.75) is 6.54 Å². The Labute approximate surface area is 144 Å². The molecule has 8 heteroatoms. The number of carbonyl (C=O) groups is 1. The van der Waals surface area contributed by atoms with Gasteiger partial charge in [-0.15, -0.1) is 5.10 Å². The first kappa shape index (κ1) is 16.3. The number of aromatic nitrogens is 4. The molecule has 2 aromatic heterocycles. The van der Waals surface area contributed by atoms with Crippen LogP contribution in [0.1, 0.15) is 16.1 Å². The second-order valence-corrected chi connectivity index (χ2v) is 5.04. The van der Waals surface area contributed by atoms with Crippen LogP contribution < -0.4 is 10.6 Å². The number of rotatable bonds is 6. The third-order valence-corrected chi connectivity index (χ3v) is 3.27. The van der Waals surface area contributed by atoms with Crippen molar-refractivity contribution in [3.63, 3.8) is 0 Å². The summed E-state index contributed by atoms with van der Waals surface area (Å²) in [4.78, 5) is 20.1. The van der Waals surface area contributed by atoms with Gasteiger partial charge >= 0.3 is 5.97 Å². The number of nitrogens with zero attached hydrogens (tertiary/aromatic N) is 4. The lowest BCUT2D eigenvalue weighted by Gasteiger charge is -2.08. The molecule has 0 unspecified atom stereocenters. The second kappa shape index (κ2) is 7.82. The molecule has 3 aromatic rings. The van der Waals surface area contributed by atoms with Crippen molar-refractivity contribution in [2.24, 2.45) is 0 Å². The van der Waals surface area contributed by atoms with E-state index >= 15 is 0 Å². The van der Waals surface area contributed by atoms with Crippen LogP contribution in [0.25, 0.3) is 0 Å². The SMILES string of the molecule is COC(=O)c1cccc(Nc2cnnc(NCc3ccccn3)n2)c1. The van der Waals surface area contributed by atoms with Gasteiger partial charge in [0.05, 0.1) is 31.1 Å². The van der Waals surface area contributed by atoms with Crippen molar-refractivity contribution < 1.29 is 9.53 Å². The average molecular weight is 336 g/mol. The number of hydrogen-bond acceptors (Lipinski definition) is 8. The number of anilines is 3. The van der Waals surface area contributed by atoms with E-state index in [4.69, 9.17) is 4.74 Å². The van der Waals surface area contributed by atoms with Crippen molar-refractivity contribution in [1.29, 1.82) is 0 Å².